The Bertz CT molecular complexity index is 1010. The summed E-state index contributed by atoms with van der Waals surface area (Å²) in [4.78, 5) is 13.4. The van der Waals surface area contributed by atoms with Crippen molar-refractivity contribution in [3.63, 3.8) is 0 Å². The van der Waals surface area contributed by atoms with Crippen molar-refractivity contribution in [1.29, 1.82) is 0 Å². The van der Waals surface area contributed by atoms with Gasteiger partial charge in [0.2, 0.25) is 0 Å². The van der Waals surface area contributed by atoms with Gasteiger partial charge in [-0.15, -0.1) is 0 Å². The van der Waals surface area contributed by atoms with Crippen LogP contribution in [0.15, 0.2) is 52.1 Å². The monoisotopic (exact) mass is 456 g/mol. The fourth-order valence-corrected chi connectivity index (χ4v) is 4.98. The molecule has 1 aliphatic carbocycles. The van der Waals surface area contributed by atoms with Crippen molar-refractivity contribution in [1.82, 2.24) is 0 Å². The summed E-state index contributed by atoms with van der Waals surface area (Å²) < 4.78 is 12.0. The summed E-state index contributed by atoms with van der Waals surface area (Å²) >= 11 is 3.69. The molecule has 4 rings (SSSR count). The quantitative estimate of drug-likeness (QED) is 0.621. The van der Waals surface area contributed by atoms with E-state index in [2.05, 4.69) is 40.4 Å². The Morgan fingerprint density at radius 2 is 1.66 bits per heavy atom. The standard InChI is InChI=1S/C23H25BrN2O3/c1-23(2)11-15-19(16(27)12-23)22(26-14-8-6-5-7-13(14)25-15)20-17(28-3)9-10-18(29-4)21(20)24/h5-10,22,25-26H,11-12H2,1-4H3/t22-/m1/s1. The van der Waals surface area contributed by atoms with Crippen molar-refractivity contribution in [3.8, 4) is 11.5 Å². The molecule has 0 unspecified atom stereocenters. The average molecular weight is 457 g/mol. The fraction of sp³-hybridized carbons (Fsp3) is 0.348. The summed E-state index contributed by atoms with van der Waals surface area (Å²) in [6.45, 7) is 4.27. The molecule has 0 radical (unpaired) electrons. The van der Waals surface area contributed by atoms with Crippen LogP contribution >= 0.6 is 15.9 Å². The van der Waals surface area contributed by atoms with E-state index in [1.165, 1.54) is 0 Å². The van der Waals surface area contributed by atoms with E-state index < -0.39 is 0 Å². The van der Waals surface area contributed by atoms with Gasteiger partial charge in [-0.3, -0.25) is 4.79 Å². The first kappa shape index (κ1) is 19.8. The fourth-order valence-electron chi connectivity index (χ4n) is 4.27. The average Bonchev–Trinajstić information content (AvgIpc) is 2.82. The minimum absolute atomic E-state index is 0.0948. The number of hydrogen-bond acceptors (Lipinski definition) is 5. The lowest BCUT2D eigenvalue weighted by atomic mass is 9.73. The number of nitrogens with one attached hydrogen (secondary N) is 2. The van der Waals surface area contributed by atoms with Crippen LogP contribution in [-0.4, -0.2) is 20.0 Å². The van der Waals surface area contributed by atoms with Crippen LogP contribution in [0.3, 0.4) is 0 Å². The van der Waals surface area contributed by atoms with Crippen molar-refractivity contribution in [3.05, 3.63) is 57.7 Å². The van der Waals surface area contributed by atoms with Crippen LogP contribution in [0.5, 0.6) is 11.5 Å². The molecule has 0 aromatic heterocycles. The zero-order valence-electron chi connectivity index (χ0n) is 17.1. The molecule has 0 amide bonds. The number of fused-ring (bicyclic) bond motifs is 1. The van der Waals surface area contributed by atoms with Gasteiger partial charge in [-0.2, -0.15) is 0 Å². The van der Waals surface area contributed by atoms with Gasteiger partial charge in [0.25, 0.3) is 0 Å². The Kier molecular flexibility index (Phi) is 5.07. The number of carbonyl (C=O) groups is 1. The predicted molar refractivity (Wildman–Crippen MR) is 119 cm³/mol. The van der Waals surface area contributed by atoms with Gasteiger partial charge in [-0.1, -0.05) is 26.0 Å². The van der Waals surface area contributed by atoms with Crippen molar-refractivity contribution < 1.29 is 14.3 Å². The molecule has 2 aliphatic rings. The smallest absolute Gasteiger partial charge is 0.163 e. The third kappa shape index (κ3) is 3.50. The SMILES string of the molecule is COc1ccc(OC)c([C@@H]2Nc3ccccc3NC3=C2C(=O)CC(C)(C)C3)c1Br. The molecular weight excluding hydrogens is 432 g/mol. The summed E-state index contributed by atoms with van der Waals surface area (Å²) in [7, 11) is 3.27. The molecule has 0 fully saturated rings. The number of halogens is 1. The van der Waals surface area contributed by atoms with Crippen LogP contribution < -0.4 is 20.1 Å². The molecule has 1 aliphatic heterocycles. The first-order valence-electron chi connectivity index (χ1n) is 9.64. The number of Topliss-reactive ketones (excluding diaryl/α,β-unsaturated/α-hetero) is 1. The lowest BCUT2D eigenvalue weighted by molar-refractivity contribution is -0.118. The number of methoxy groups -OCH3 is 2. The van der Waals surface area contributed by atoms with Crippen LogP contribution in [0.1, 0.15) is 38.3 Å². The largest absolute Gasteiger partial charge is 0.496 e. The van der Waals surface area contributed by atoms with E-state index >= 15 is 0 Å². The Balaban J connectivity index is 1.97. The molecule has 2 aromatic rings. The van der Waals surface area contributed by atoms with Crippen LogP contribution in [-0.2, 0) is 4.79 Å². The summed E-state index contributed by atoms with van der Waals surface area (Å²) in [6.07, 6.45) is 1.30. The maximum Gasteiger partial charge on any atom is 0.163 e. The van der Waals surface area contributed by atoms with Gasteiger partial charge in [0, 0.05) is 23.3 Å². The minimum atomic E-state index is -0.371. The molecular formula is C23H25BrN2O3. The molecule has 0 saturated heterocycles. The van der Waals surface area contributed by atoms with Crippen molar-refractivity contribution in [2.45, 2.75) is 32.7 Å². The third-order valence-corrected chi connectivity index (χ3v) is 6.37. The molecule has 0 spiro atoms. The highest BCUT2D eigenvalue weighted by Gasteiger charge is 2.40. The van der Waals surface area contributed by atoms with E-state index in [1.54, 1.807) is 14.2 Å². The second-order valence-electron chi connectivity index (χ2n) is 8.28. The zero-order chi connectivity index (χ0) is 20.8. The second kappa shape index (κ2) is 7.41. The van der Waals surface area contributed by atoms with E-state index in [-0.39, 0.29) is 17.2 Å². The summed E-state index contributed by atoms with van der Waals surface area (Å²) in [6, 6.07) is 11.4. The number of benzene rings is 2. The molecule has 29 heavy (non-hydrogen) atoms. The van der Waals surface area contributed by atoms with E-state index in [4.69, 9.17) is 9.47 Å². The van der Waals surface area contributed by atoms with E-state index in [1.807, 2.05) is 36.4 Å². The maximum atomic E-state index is 13.4. The van der Waals surface area contributed by atoms with E-state index in [0.29, 0.717) is 17.9 Å². The predicted octanol–water partition coefficient (Wildman–Crippen LogP) is 5.69. The van der Waals surface area contributed by atoms with Crippen molar-refractivity contribution >= 4 is 33.1 Å². The van der Waals surface area contributed by atoms with Crippen LogP contribution in [0, 0.1) is 5.41 Å². The lowest BCUT2D eigenvalue weighted by Gasteiger charge is -2.34. The number of para-hydroxylation sites is 2. The number of ether oxygens (including phenoxy) is 2. The van der Waals surface area contributed by atoms with Crippen LogP contribution in [0.2, 0.25) is 0 Å². The van der Waals surface area contributed by atoms with Gasteiger partial charge >= 0.3 is 0 Å². The topological polar surface area (TPSA) is 59.6 Å². The number of carbonyl (C=O) groups excluding carboxylic acids is 1. The Morgan fingerprint density at radius 3 is 2.34 bits per heavy atom. The van der Waals surface area contributed by atoms with Crippen molar-refractivity contribution in [2.75, 3.05) is 24.9 Å². The summed E-state index contributed by atoms with van der Waals surface area (Å²) in [5.41, 5.74) is 4.38. The lowest BCUT2D eigenvalue weighted by Crippen LogP contribution is -2.31. The number of hydrogen-bond donors (Lipinski definition) is 2. The van der Waals surface area contributed by atoms with Gasteiger partial charge in [-0.05, 0) is 52.0 Å². The highest BCUT2D eigenvalue weighted by molar-refractivity contribution is 9.10. The van der Waals surface area contributed by atoms with Crippen LogP contribution in [0.4, 0.5) is 11.4 Å². The molecule has 0 bridgehead atoms. The normalized spacial score (nSPS) is 20.0. The first-order chi connectivity index (χ1) is 13.8. The number of ketones is 1. The highest BCUT2D eigenvalue weighted by atomic mass is 79.9. The molecule has 2 N–H and O–H groups in total. The molecule has 0 saturated carbocycles. The molecule has 6 heteroatoms. The Hall–Kier alpha value is -2.47. The first-order valence-corrected chi connectivity index (χ1v) is 10.4. The highest BCUT2D eigenvalue weighted by Crippen LogP contribution is 2.49. The third-order valence-electron chi connectivity index (χ3n) is 5.55. The summed E-state index contributed by atoms with van der Waals surface area (Å²) in [5, 5.41) is 7.13. The summed E-state index contributed by atoms with van der Waals surface area (Å²) in [5.74, 6) is 1.53. The number of allylic oxidation sites excluding steroid dienone is 1. The van der Waals surface area contributed by atoms with Gasteiger partial charge in [0.05, 0.1) is 36.1 Å². The molecule has 1 heterocycles. The van der Waals surface area contributed by atoms with E-state index in [9.17, 15) is 4.79 Å². The van der Waals surface area contributed by atoms with Gasteiger partial charge in [0.1, 0.15) is 11.5 Å². The van der Waals surface area contributed by atoms with Crippen LogP contribution in [0.25, 0.3) is 0 Å². The van der Waals surface area contributed by atoms with Gasteiger partial charge in [-0.25, -0.2) is 0 Å². The second-order valence-corrected chi connectivity index (χ2v) is 9.07. The molecule has 1 atom stereocenters. The number of anilines is 2. The zero-order valence-corrected chi connectivity index (χ0v) is 18.6. The molecule has 152 valence electrons. The molecule has 2 aromatic carbocycles. The molecule has 5 nitrogen and oxygen atoms in total. The van der Waals surface area contributed by atoms with Gasteiger partial charge in [0.15, 0.2) is 5.78 Å². The van der Waals surface area contributed by atoms with Crippen molar-refractivity contribution in [2.24, 2.45) is 5.41 Å². The van der Waals surface area contributed by atoms with Gasteiger partial charge < -0.3 is 20.1 Å². The van der Waals surface area contributed by atoms with E-state index in [0.717, 1.165) is 39.1 Å². The minimum Gasteiger partial charge on any atom is -0.496 e. The number of rotatable bonds is 3. The Labute approximate surface area is 179 Å². The Morgan fingerprint density at radius 1 is 1.00 bits per heavy atom. The maximum absolute atomic E-state index is 13.4.